The number of nitrogens with two attached hydrogens (primary N) is 1. The van der Waals surface area contributed by atoms with E-state index in [0.717, 1.165) is 5.56 Å². The highest BCUT2D eigenvalue weighted by molar-refractivity contribution is 5.95. The predicted molar refractivity (Wildman–Crippen MR) is 58.2 cm³/mol. The molecule has 4 nitrogen and oxygen atoms in total. The molecule has 82 valence electrons. The molecular formula is C11H16N2O2. The number of hydrogen-bond acceptors (Lipinski definition) is 3. The first-order chi connectivity index (χ1) is 7.15. The molecule has 1 atom stereocenters. The van der Waals surface area contributed by atoms with Gasteiger partial charge in [-0.1, -0.05) is 18.2 Å². The Bertz CT molecular complexity index is 339. The van der Waals surface area contributed by atoms with Gasteiger partial charge in [-0.3, -0.25) is 9.63 Å². The zero-order valence-corrected chi connectivity index (χ0v) is 8.99. The number of amides is 1. The maximum atomic E-state index is 11.7. The van der Waals surface area contributed by atoms with E-state index in [-0.39, 0.29) is 12.0 Å². The van der Waals surface area contributed by atoms with Gasteiger partial charge in [0.1, 0.15) is 0 Å². The van der Waals surface area contributed by atoms with Gasteiger partial charge in [0.05, 0.1) is 6.10 Å². The second kappa shape index (κ2) is 5.48. The van der Waals surface area contributed by atoms with Gasteiger partial charge in [-0.15, -0.1) is 0 Å². The fraction of sp³-hybridized carbons (Fsp3) is 0.364. The van der Waals surface area contributed by atoms with Crippen LogP contribution in [-0.4, -0.2) is 18.6 Å². The molecule has 0 aliphatic carbocycles. The van der Waals surface area contributed by atoms with Crippen LogP contribution < -0.4 is 11.2 Å². The summed E-state index contributed by atoms with van der Waals surface area (Å²) in [7, 11) is 0. The van der Waals surface area contributed by atoms with Crippen LogP contribution in [-0.2, 0) is 4.84 Å². The summed E-state index contributed by atoms with van der Waals surface area (Å²) in [4.78, 5) is 16.2. The summed E-state index contributed by atoms with van der Waals surface area (Å²) in [5.41, 5.74) is 1.64. The minimum Gasteiger partial charge on any atom is -0.349 e. The Balaban J connectivity index is 2.58. The zero-order valence-electron chi connectivity index (χ0n) is 8.99. The number of carbonyl (C=O) groups excluding carboxylic acids is 1. The van der Waals surface area contributed by atoms with Crippen molar-refractivity contribution >= 4 is 5.91 Å². The summed E-state index contributed by atoms with van der Waals surface area (Å²) < 4.78 is 0. The highest BCUT2D eigenvalue weighted by Crippen LogP contribution is 2.06. The Hall–Kier alpha value is -1.39. The lowest BCUT2D eigenvalue weighted by molar-refractivity contribution is 0.0622. The number of rotatable bonds is 4. The standard InChI is InChI=1S/C11H16N2O2/c1-8-5-3-4-6-10(8)11(14)13-7-9(2)15-12/h3-6,9H,7,12H2,1-2H3,(H,13,14). The van der Waals surface area contributed by atoms with Gasteiger partial charge in [-0.25, -0.2) is 5.90 Å². The fourth-order valence-corrected chi connectivity index (χ4v) is 1.21. The van der Waals surface area contributed by atoms with Gasteiger partial charge in [0.25, 0.3) is 5.91 Å². The molecule has 0 spiro atoms. The Morgan fingerprint density at radius 1 is 1.53 bits per heavy atom. The van der Waals surface area contributed by atoms with E-state index in [1.165, 1.54) is 0 Å². The molecule has 0 heterocycles. The van der Waals surface area contributed by atoms with Gasteiger partial charge in [0.15, 0.2) is 0 Å². The average Bonchev–Trinajstić information content (AvgIpc) is 2.26. The third kappa shape index (κ3) is 3.34. The summed E-state index contributed by atoms with van der Waals surface area (Å²) in [6.07, 6.45) is -0.182. The maximum absolute atomic E-state index is 11.7. The van der Waals surface area contributed by atoms with Crippen LogP contribution in [0.25, 0.3) is 0 Å². The van der Waals surface area contributed by atoms with Crippen LogP contribution in [0.1, 0.15) is 22.8 Å². The normalized spacial score (nSPS) is 12.2. The lowest BCUT2D eigenvalue weighted by Crippen LogP contribution is -2.33. The number of hydrogen-bond donors (Lipinski definition) is 2. The Kier molecular flexibility index (Phi) is 4.27. The minimum absolute atomic E-state index is 0.1000. The first kappa shape index (κ1) is 11.7. The van der Waals surface area contributed by atoms with Crippen LogP contribution in [0.2, 0.25) is 0 Å². The van der Waals surface area contributed by atoms with Crippen molar-refractivity contribution < 1.29 is 9.63 Å². The smallest absolute Gasteiger partial charge is 0.251 e. The summed E-state index contributed by atoms with van der Waals surface area (Å²) in [6.45, 7) is 4.10. The van der Waals surface area contributed by atoms with E-state index in [9.17, 15) is 4.79 Å². The Morgan fingerprint density at radius 2 is 2.20 bits per heavy atom. The van der Waals surface area contributed by atoms with Crippen LogP contribution in [0.4, 0.5) is 0 Å². The summed E-state index contributed by atoms with van der Waals surface area (Å²) in [6, 6.07) is 7.43. The molecule has 1 rings (SSSR count). The molecule has 1 aromatic carbocycles. The monoisotopic (exact) mass is 208 g/mol. The van der Waals surface area contributed by atoms with E-state index < -0.39 is 0 Å². The van der Waals surface area contributed by atoms with Crippen molar-refractivity contribution in [1.82, 2.24) is 5.32 Å². The molecule has 0 saturated carbocycles. The molecule has 0 aliphatic heterocycles. The summed E-state index contributed by atoms with van der Waals surface area (Å²) >= 11 is 0. The van der Waals surface area contributed by atoms with Crippen molar-refractivity contribution in [1.29, 1.82) is 0 Å². The second-order valence-electron chi connectivity index (χ2n) is 3.47. The topological polar surface area (TPSA) is 64.3 Å². The minimum atomic E-state index is -0.182. The molecule has 0 fully saturated rings. The molecule has 1 unspecified atom stereocenters. The molecule has 0 aromatic heterocycles. The number of carbonyl (C=O) groups is 1. The predicted octanol–water partition coefficient (Wildman–Crippen LogP) is 1.00. The van der Waals surface area contributed by atoms with Gasteiger partial charge < -0.3 is 5.32 Å². The Labute approximate surface area is 89.4 Å². The quantitative estimate of drug-likeness (QED) is 0.726. The zero-order chi connectivity index (χ0) is 11.3. The average molecular weight is 208 g/mol. The first-order valence-corrected chi connectivity index (χ1v) is 4.84. The van der Waals surface area contributed by atoms with Crippen molar-refractivity contribution in [3.8, 4) is 0 Å². The lowest BCUT2D eigenvalue weighted by Gasteiger charge is -2.11. The summed E-state index contributed by atoms with van der Waals surface area (Å²) in [5, 5.41) is 2.75. The van der Waals surface area contributed by atoms with Gasteiger partial charge in [-0.05, 0) is 25.5 Å². The van der Waals surface area contributed by atoms with Gasteiger partial charge in [0.2, 0.25) is 0 Å². The van der Waals surface area contributed by atoms with E-state index in [1.807, 2.05) is 25.1 Å². The van der Waals surface area contributed by atoms with Gasteiger partial charge in [0, 0.05) is 12.1 Å². The fourth-order valence-electron chi connectivity index (χ4n) is 1.21. The van der Waals surface area contributed by atoms with Crippen molar-refractivity contribution in [3.63, 3.8) is 0 Å². The molecule has 0 saturated heterocycles. The second-order valence-corrected chi connectivity index (χ2v) is 3.47. The number of nitrogens with one attached hydrogen (secondary N) is 1. The van der Waals surface area contributed by atoms with Crippen molar-refractivity contribution in [2.24, 2.45) is 5.90 Å². The Morgan fingerprint density at radius 3 is 2.80 bits per heavy atom. The largest absolute Gasteiger partial charge is 0.349 e. The molecule has 0 bridgehead atoms. The van der Waals surface area contributed by atoms with E-state index in [0.29, 0.717) is 12.1 Å². The van der Waals surface area contributed by atoms with Crippen LogP contribution in [0.15, 0.2) is 24.3 Å². The highest BCUT2D eigenvalue weighted by atomic mass is 16.6. The third-order valence-corrected chi connectivity index (χ3v) is 2.17. The molecule has 15 heavy (non-hydrogen) atoms. The van der Waals surface area contributed by atoms with Crippen molar-refractivity contribution in [2.75, 3.05) is 6.54 Å². The van der Waals surface area contributed by atoms with E-state index in [2.05, 4.69) is 10.2 Å². The van der Waals surface area contributed by atoms with E-state index in [4.69, 9.17) is 5.90 Å². The van der Waals surface area contributed by atoms with Gasteiger partial charge >= 0.3 is 0 Å². The molecule has 1 aromatic rings. The van der Waals surface area contributed by atoms with Crippen LogP contribution in [0, 0.1) is 6.92 Å². The van der Waals surface area contributed by atoms with Crippen LogP contribution in [0.5, 0.6) is 0 Å². The van der Waals surface area contributed by atoms with Crippen molar-refractivity contribution in [2.45, 2.75) is 20.0 Å². The number of aryl methyl sites for hydroxylation is 1. The van der Waals surface area contributed by atoms with Crippen LogP contribution in [0.3, 0.4) is 0 Å². The molecule has 1 amide bonds. The SMILES string of the molecule is Cc1ccccc1C(=O)NCC(C)ON. The molecule has 4 heteroatoms. The van der Waals surface area contributed by atoms with Crippen LogP contribution >= 0.6 is 0 Å². The van der Waals surface area contributed by atoms with E-state index >= 15 is 0 Å². The number of benzene rings is 1. The molecule has 3 N–H and O–H groups in total. The maximum Gasteiger partial charge on any atom is 0.251 e. The third-order valence-electron chi connectivity index (χ3n) is 2.17. The molecule has 0 radical (unpaired) electrons. The molecular weight excluding hydrogens is 192 g/mol. The lowest BCUT2D eigenvalue weighted by atomic mass is 10.1. The van der Waals surface area contributed by atoms with E-state index in [1.54, 1.807) is 13.0 Å². The first-order valence-electron chi connectivity index (χ1n) is 4.84. The molecule has 0 aliphatic rings. The summed E-state index contributed by atoms with van der Waals surface area (Å²) in [5.74, 6) is 4.88. The van der Waals surface area contributed by atoms with Gasteiger partial charge in [-0.2, -0.15) is 0 Å². The van der Waals surface area contributed by atoms with Crippen molar-refractivity contribution in [3.05, 3.63) is 35.4 Å². The highest BCUT2D eigenvalue weighted by Gasteiger charge is 2.08.